The standard InChI is InChI=1S/C26H23ClF4N4O5S/c1-25(2)12-16-21-19(33-24(35(21)40-41(3,37)38)34-20-17(27)5-4-6-18(20)28)11-15(22(16)39-25)23(36)32-14-9-7-13(8-10-14)26(29,30)31/h4-11,24,33-34H,12H2,1-3H3,(H,32,36). The van der Waals surface area contributed by atoms with Gasteiger partial charge in [-0.15, -0.1) is 4.28 Å². The highest BCUT2D eigenvalue weighted by molar-refractivity contribution is 7.86. The Bertz CT molecular complexity index is 1630. The molecule has 3 aromatic rings. The highest BCUT2D eigenvalue weighted by Gasteiger charge is 2.44. The van der Waals surface area contributed by atoms with Gasteiger partial charge in [0.1, 0.15) is 17.2 Å². The molecule has 2 aliphatic rings. The minimum Gasteiger partial charge on any atom is -0.486 e. The number of hydrogen-bond acceptors (Lipinski definition) is 8. The number of hydroxylamine groups is 1. The predicted molar refractivity (Wildman–Crippen MR) is 145 cm³/mol. The van der Waals surface area contributed by atoms with Crippen LogP contribution in [-0.2, 0) is 27.0 Å². The number of amides is 1. The summed E-state index contributed by atoms with van der Waals surface area (Å²) in [7, 11) is -4.10. The number of nitrogens with zero attached hydrogens (tertiary/aromatic N) is 1. The summed E-state index contributed by atoms with van der Waals surface area (Å²) in [5, 5.41) is 9.37. The Morgan fingerprint density at radius 3 is 2.49 bits per heavy atom. The molecule has 3 N–H and O–H groups in total. The fraction of sp³-hybridized carbons (Fsp3) is 0.269. The van der Waals surface area contributed by atoms with E-state index in [1.807, 2.05) is 0 Å². The van der Waals surface area contributed by atoms with Gasteiger partial charge in [0.2, 0.25) is 6.29 Å². The fourth-order valence-electron chi connectivity index (χ4n) is 4.63. The van der Waals surface area contributed by atoms with Crippen LogP contribution < -0.4 is 25.8 Å². The van der Waals surface area contributed by atoms with E-state index < -0.39 is 45.5 Å². The van der Waals surface area contributed by atoms with Crippen LogP contribution in [0.1, 0.15) is 35.3 Å². The van der Waals surface area contributed by atoms with E-state index >= 15 is 0 Å². The van der Waals surface area contributed by atoms with Gasteiger partial charge in [0.25, 0.3) is 16.0 Å². The maximum absolute atomic E-state index is 14.6. The summed E-state index contributed by atoms with van der Waals surface area (Å²) in [6.45, 7) is 3.52. The van der Waals surface area contributed by atoms with E-state index in [-0.39, 0.29) is 45.5 Å². The van der Waals surface area contributed by atoms with Gasteiger partial charge in [0.15, 0.2) is 0 Å². The molecule has 1 atom stereocenters. The number of para-hydroxylation sites is 1. The molecule has 0 saturated heterocycles. The van der Waals surface area contributed by atoms with E-state index in [1.54, 1.807) is 13.8 Å². The first-order valence-electron chi connectivity index (χ1n) is 12.1. The molecule has 0 aliphatic carbocycles. The number of ether oxygens (including phenoxy) is 1. The van der Waals surface area contributed by atoms with Gasteiger partial charge in [-0.25, -0.2) is 4.39 Å². The van der Waals surface area contributed by atoms with E-state index in [4.69, 9.17) is 20.6 Å². The lowest BCUT2D eigenvalue weighted by Gasteiger charge is -2.27. The zero-order chi connectivity index (χ0) is 29.9. The third-order valence-electron chi connectivity index (χ3n) is 6.25. The van der Waals surface area contributed by atoms with Crippen molar-refractivity contribution in [2.45, 2.75) is 38.3 Å². The second-order valence-corrected chi connectivity index (χ2v) is 12.1. The highest BCUT2D eigenvalue weighted by Crippen LogP contribution is 2.50. The van der Waals surface area contributed by atoms with Gasteiger partial charge >= 0.3 is 6.18 Å². The lowest BCUT2D eigenvalue weighted by molar-refractivity contribution is -0.137. The minimum atomic E-state index is -4.54. The molecule has 2 heterocycles. The Labute approximate surface area is 237 Å². The summed E-state index contributed by atoms with van der Waals surface area (Å²) in [6, 6.07) is 9.32. The number of fused-ring (bicyclic) bond motifs is 3. The van der Waals surface area contributed by atoms with Gasteiger partial charge in [-0.05, 0) is 56.3 Å². The number of rotatable bonds is 6. The molecule has 218 valence electrons. The molecule has 5 rings (SSSR count). The van der Waals surface area contributed by atoms with Gasteiger partial charge in [0.05, 0.1) is 39.5 Å². The highest BCUT2D eigenvalue weighted by atomic mass is 35.5. The van der Waals surface area contributed by atoms with Crippen molar-refractivity contribution in [3.8, 4) is 5.75 Å². The molecule has 0 saturated carbocycles. The average Bonchev–Trinajstić information content (AvgIpc) is 3.35. The molecule has 1 amide bonds. The molecule has 2 aliphatic heterocycles. The number of carbonyl (C=O) groups excluding carboxylic acids is 1. The molecular formula is C26H23ClF4N4O5S. The lowest BCUT2D eigenvalue weighted by atomic mass is 9.97. The number of benzene rings is 3. The smallest absolute Gasteiger partial charge is 0.416 e. The van der Waals surface area contributed by atoms with Gasteiger partial charge < -0.3 is 20.7 Å². The third-order valence-corrected chi connectivity index (χ3v) is 7.00. The predicted octanol–water partition coefficient (Wildman–Crippen LogP) is 5.98. The fourth-order valence-corrected chi connectivity index (χ4v) is 5.30. The average molecular weight is 615 g/mol. The van der Waals surface area contributed by atoms with Gasteiger partial charge in [-0.1, -0.05) is 17.7 Å². The summed E-state index contributed by atoms with van der Waals surface area (Å²) in [5.41, 5.74) is -0.789. The molecule has 9 nitrogen and oxygen atoms in total. The van der Waals surface area contributed by atoms with Crippen LogP contribution in [0.3, 0.4) is 0 Å². The minimum absolute atomic E-state index is 0.0216. The molecule has 0 aromatic heterocycles. The first kappa shape index (κ1) is 28.8. The summed E-state index contributed by atoms with van der Waals surface area (Å²) >= 11 is 6.17. The maximum Gasteiger partial charge on any atom is 0.416 e. The SMILES string of the molecule is CC1(C)Cc2c(c(C(=O)Nc3ccc(C(F)(F)F)cc3)cc3c2N(OS(C)(=O)=O)C(Nc2c(F)cccc2Cl)N3)O1. The monoisotopic (exact) mass is 614 g/mol. The first-order valence-corrected chi connectivity index (χ1v) is 14.3. The molecule has 3 aromatic carbocycles. The number of halogens is 5. The number of nitrogens with one attached hydrogen (secondary N) is 3. The summed E-state index contributed by atoms with van der Waals surface area (Å²) in [6.07, 6.45) is -4.67. The van der Waals surface area contributed by atoms with Gasteiger partial charge in [-0.3, -0.25) is 4.79 Å². The van der Waals surface area contributed by atoms with Crippen LogP contribution in [0.25, 0.3) is 0 Å². The number of carbonyl (C=O) groups is 1. The maximum atomic E-state index is 14.6. The molecule has 1 unspecified atom stereocenters. The summed E-state index contributed by atoms with van der Waals surface area (Å²) < 4.78 is 89.3. The first-order chi connectivity index (χ1) is 19.0. The van der Waals surface area contributed by atoms with Crippen molar-refractivity contribution in [3.05, 3.63) is 76.1 Å². The lowest BCUT2D eigenvalue weighted by Crippen LogP contribution is -2.43. The van der Waals surface area contributed by atoms with E-state index in [0.717, 1.165) is 41.7 Å². The second-order valence-electron chi connectivity index (χ2n) is 10.1. The van der Waals surface area contributed by atoms with Gasteiger partial charge in [0, 0.05) is 17.7 Å². The van der Waals surface area contributed by atoms with Crippen LogP contribution in [0, 0.1) is 5.82 Å². The normalized spacial score (nSPS) is 17.4. The van der Waals surface area contributed by atoms with Crippen molar-refractivity contribution in [2.24, 2.45) is 0 Å². The van der Waals surface area contributed by atoms with Crippen molar-refractivity contribution in [2.75, 3.05) is 27.3 Å². The zero-order valence-corrected chi connectivity index (χ0v) is 23.3. The Hall–Kier alpha value is -3.75. The quantitative estimate of drug-likeness (QED) is 0.291. The molecule has 15 heteroatoms. The van der Waals surface area contributed by atoms with E-state index in [9.17, 15) is 30.8 Å². The molecule has 0 radical (unpaired) electrons. The van der Waals surface area contributed by atoms with Crippen molar-refractivity contribution in [1.82, 2.24) is 0 Å². The molecule has 41 heavy (non-hydrogen) atoms. The van der Waals surface area contributed by atoms with Crippen molar-refractivity contribution in [1.29, 1.82) is 0 Å². The molecule has 0 bridgehead atoms. The van der Waals surface area contributed by atoms with Crippen LogP contribution >= 0.6 is 11.6 Å². The second kappa shape index (κ2) is 9.96. The Kier molecular flexibility index (Phi) is 6.99. The van der Waals surface area contributed by atoms with Crippen LogP contribution in [0.5, 0.6) is 5.75 Å². The molecule has 0 fully saturated rings. The Morgan fingerprint density at radius 2 is 1.88 bits per heavy atom. The number of anilines is 4. The topological polar surface area (TPSA) is 109 Å². The van der Waals surface area contributed by atoms with E-state index in [2.05, 4.69) is 16.0 Å². The van der Waals surface area contributed by atoms with Crippen LogP contribution in [0.15, 0.2) is 48.5 Å². The number of hydrogen-bond donors (Lipinski definition) is 3. The number of alkyl halides is 3. The van der Waals surface area contributed by atoms with E-state index in [0.29, 0.717) is 5.56 Å². The summed E-state index contributed by atoms with van der Waals surface area (Å²) in [4.78, 5) is 13.4. The largest absolute Gasteiger partial charge is 0.486 e. The van der Waals surface area contributed by atoms with E-state index in [1.165, 1.54) is 18.2 Å². The van der Waals surface area contributed by atoms with Gasteiger partial charge in [-0.2, -0.15) is 26.7 Å². The summed E-state index contributed by atoms with van der Waals surface area (Å²) in [5.74, 6) is -1.26. The van der Waals surface area contributed by atoms with Crippen LogP contribution in [0.4, 0.5) is 40.3 Å². The third kappa shape index (κ3) is 5.85. The van der Waals surface area contributed by atoms with Crippen molar-refractivity contribution < 1.29 is 39.8 Å². The van der Waals surface area contributed by atoms with Crippen LogP contribution in [0.2, 0.25) is 5.02 Å². The molecular weight excluding hydrogens is 592 g/mol. The zero-order valence-electron chi connectivity index (χ0n) is 21.7. The Balaban J connectivity index is 1.55. The van der Waals surface area contributed by atoms with Crippen molar-refractivity contribution >= 4 is 50.4 Å². The molecule has 0 spiro atoms. The Morgan fingerprint density at radius 1 is 1.20 bits per heavy atom. The van der Waals surface area contributed by atoms with Crippen molar-refractivity contribution in [3.63, 3.8) is 0 Å². The van der Waals surface area contributed by atoms with Crippen LogP contribution in [-0.4, -0.2) is 32.5 Å².